The van der Waals surface area contributed by atoms with Gasteiger partial charge >= 0.3 is 12.4 Å². The van der Waals surface area contributed by atoms with Crippen LogP contribution in [0.1, 0.15) is 37.1 Å². The number of nitrogens with two attached hydrogens (primary N) is 1. The molecule has 2 amide bonds. The van der Waals surface area contributed by atoms with E-state index in [2.05, 4.69) is 25.1 Å². The average Bonchev–Trinajstić information content (AvgIpc) is 3.52. The van der Waals surface area contributed by atoms with Crippen LogP contribution in [0.25, 0.3) is 11.3 Å². The molecule has 3 N–H and O–H groups in total. The normalized spacial score (nSPS) is 20.2. The minimum absolute atomic E-state index is 0.145. The summed E-state index contributed by atoms with van der Waals surface area (Å²) in [4.78, 5) is 22.7. The maximum absolute atomic E-state index is 12.9. The van der Waals surface area contributed by atoms with E-state index in [0.29, 0.717) is 30.9 Å². The zero-order valence-corrected chi connectivity index (χ0v) is 18.9. The number of pyridine rings is 2. The number of aromatic nitrogens is 4. The number of hydrogen-bond donors (Lipinski definition) is 2. The van der Waals surface area contributed by atoms with E-state index in [0.717, 1.165) is 24.1 Å². The van der Waals surface area contributed by atoms with Gasteiger partial charge < -0.3 is 20.7 Å². The topological polar surface area (TPSA) is 111 Å². The van der Waals surface area contributed by atoms with E-state index in [1.807, 2.05) is 29.8 Å². The van der Waals surface area contributed by atoms with Crippen molar-refractivity contribution in [1.82, 2.24) is 30.0 Å². The number of halogens is 3. The molecule has 9 nitrogen and oxygen atoms in total. The summed E-state index contributed by atoms with van der Waals surface area (Å²) in [6, 6.07) is 6.46. The number of hydrogen-bond acceptors (Lipinski definition) is 6. The first-order valence-corrected chi connectivity index (χ1v) is 11.2. The third-order valence-corrected chi connectivity index (χ3v) is 6.69. The van der Waals surface area contributed by atoms with Crippen LogP contribution in [0, 0.1) is 0 Å². The van der Waals surface area contributed by atoms with Crippen LogP contribution in [0.5, 0.6) is 5.75 Å². The lowest BCUT2D eigenvalue weighted by Crippen LogP contribution is -2.41. The van der Waals surface area contributed by atoms with Gasteiger partial charge in [-0.25, -0.2) is 9.78 Å². The summed E-state index contributed by atoms with van der Waals surface area (Å²) < 4.78 is 43.9. The van der Waals surface area contributed by atoms with Crippen molar-refractivity contribution < 1.29 is 22.7 Å². The van der Waals surface area contributed by atoms with Crippen molar-refractivity contribution >= 4 is 11.8 Å². The molecular weight excluding hydrogens is 463 g/mol. The number of ether oxygens (including phenoxy) is 1. The standard InChI is InChI=1S/C23H24F3N7O2/c1-14(15-3-2-6-28-11-15)30-21(34)32-7-4-22(13-32)5-8-33-19(22)10-17(31-33)16-9-18(20(27)29-12-16)35-23(24,25)26/h2-3,6,9-12,14H,4-5,7-8,13H2,1H3,(H2,27,29)(H,30,34)/t14-,22?/m1/s1. The van der Waals surface area contributed by atoms with Crippen molar-refractivity contribution in [2.45, 2.75) is 44.1 Å². The molecule has 5 rings (SSSR count). The number of fused-ring (bicyclic) bond motifs is 2. The SMILES string of the molecule is C[C@@H](NC(=O)N1CCC2(CCn3nc(-c4cnc(N)c(OC(F)(F)F)c4)cc32)C1)c1cccnc1. The Hall–Kier alpha value is -3.83. The monoisotopic (exact) mass is 487 g/mol. The molecule has 3 aromatic heterocycles. The molecule has 2 atom stereocenters. The second-order valence-corrected chi connectivity index (χ2v) is 8.95. The van der Waals surface area contributed by atoms with Gasteiger partial charge in [0, 0.05) is 54.9 Å². The Balaban J connectivity index is 1.32. The number of aryl methyl sites for hydroxylation is 1. The van der Waals surface area contributed by atoms with Gasteiger partial charge in [-0.05, 0) is 43.5 Å². The summed E-state index contributed by atoms with van der Waals surface area (Å²) in [6.07, 6.45) is 1.51. The van der Waals surface area contributed by atoms with E-state index in [-0.39, 0.29) is 23.3 Å². The predicted molar refractivity (Wildman–Crippen MR) is 120 cm³/mol. The highest BCUT2D eigenvalue weighted by Gasteiger charge is 2.47. The number of rotatable bonds is 4. The molecule has 0 saturated carbocycles. The average molecular weight is 487 g/mol. The van der Waals surface area contributed by atoms with Crippen LogP contribution in [0.3, 0.4) is 0 Å². The first-order valence-electron chi connectivity index (χ1n) is 11.2. The predicted octanol–water partition coefficient (Wildman–Crippen LogP) is 3.64. The van der Waals surface area contributed by atoms with Gasteiger partial charge in [0.15, 0.2) is 11.6 Å². The maximum Gasteiger partial charge on any atom is 0.573 e. The molecule has 5 heterocycles. The van der Waals surface area contributed by atoms with Crippen LogP contribution in [0.2, 0.25) is 0 Å². The van der Waals surface area contributed by atoms with Crippen LogP contribution in [0.4, 0.5) is 23.8 Å². The van der Waals surface area contributed by atoms with Gasteiger partial charge in [0.2, 0.25) is 0 Å². The molecule has 1 saturated heterocycles. The van der Waals surface area contributed by atoms with Gasteiger partial charge in [-0.1, -0.05) is 6.07 Å². The number of carbonyl (C=O) groups is 1. The van der Waals surface area contributed by atoms with E-state index in [9.17, 15) is 18.0 Å². The zero-order valence-electron chi connectivity index (χ0n) is 18.9. The molecule has 1 unspecified atom stereocenters. The summed E-state index contributed by atoms with van der Waals surface area (Å²) in [5, 5.41) is 7.61. The van der Waals surface area contributed by atoms with Gasteiger partial charge in [0.05, 0.1) is 11.7 Å². The highest BCUT2D eigenvalue weighted by Crippen LogP contribution is 2.44. The maximum atomic E-state index is 12.9. The first kappa shape index (κ1) is 22.9. The number of amides is 2. The Bertz CT molecular complexity index is 1250. The Labute approximate surface area is 199 Å². The minimum atomic E-state index is -4.88. The number of nitrogens with one attached hydrogen (secondary N) is 1. The number of urea groups is 1. The zero-order chi connectivity index (χ0) is 24.8. The highest BCUT2D eigenvalue weighted by atomic mass is 19.4. The summed E-state index contributed by atoms with van der Waals surface area (Å²) in [5.41, 5.74) is 8.02. The van der Waals surface area contributed by atoms with E-state index in [1.165, 1.54) is 12.3 Å². The Morgan fingerprint density at radius 3 is 2.80 bits per heavy atom. The van der Waals surface area contributed by atoms with Crippen LogP contribution < -0.4 is 15.8 Å². The molecule has 0 aromatic carbocycles. The molecule has 0 radical (unpaired) electrons. The molecule has 2 aliphatic heterocycles. The van der Waals surface area contributed by atoms with Crippen LogP contribution in [0.15, 0.2) is 42.9 Å². The van der Waals surface area contributed by atoms with E-state index in [4.69, 9.17) is 5.73 Å². The van der Waals surface area contributed by atoms with E-state index in [1.54, 1.807) is 17.3 Å². The second-order valence-electron chi connectivity index (χ2n) is 8.95. The fourth-order valence-electron chi connectivity index (χ4n) is 4.86. The highest BCUT2D eigenvalue weighted by molar-refractivity contribution is 5.75. The largest absolute Gasteiger partial charge is 0.573 e. The molecule has 0 bridgehead atoms. The van der Waals surface area contributed by atoms with E-state index < -0.39 is 12.1 Å². The quantitative estimate of drug-likeness (QED) is 0.581. The molecule has 2 aliphatic rings. The number of carbonyl (C=O) groups excluding carboxylic acids is 1. The lowest BCUT2D eigenvalue weighted by Gasteiger charge is -2.25. The number of alkyl halides is 3. The van der Waals surface area contributed by atoms with Crippen LogP contribution in [-0.2, 0) is 12.0 Å². The number of nitrogens with zero attached hydrogens (tertiary/aromatic N) is 5. The third-order valence-electron chi connectivity index (χ3n) is 6.69. The van der Waals surface area contributed by atoms with Crippen LogP contribution in [-0.4, -0.2) is 50.1 Å². The molecule has 35 heavy (non-hydrogen) atoms. The summed E-state index contributed by atoms with van der Waals surface area (Å²) in [5.74, 6) is -0.920. The summed E-state index contributed by atoms with van der Waals surface area (Å²) in [6.45, 7) is 3.70. The van der Waals surface area contributed by atoms with Crippen molar-refractivity contribution in [3.63, 3.8) is 0 Å². The smallest absolute Gasteiger partial charge is 0.402 e. The molecule has 1 fully saturated rings. The van der Waals surface area contributed by atoms with Crippen molar-refractivity contribution in [3.8, 4) is 17.0 Å². The lowest BCUT2D eigenvalue weighted by atomic mass is 9.82. The number of anilines is 1. The van der Waals surface area contributed by atoms with Crippen molar-refractivity contribution in [2.24, 2.45) is 0 Å². The molecule has 3 aromatic rings. The fraction of sp³-hybridized carbons (Fsp3) is 0.391. The van der Waals surface area contributed by atoms with Gasteiger partial charge in [-0.15, -0.1) is 13.2 Å². The van der Waals surface area contributed by atoms with Crippen LogP contribution >= 0.6 is 0 Å². The number of nitrogen functional groups attached to an aromatic ring is 1. The lowest BCUT2D eigenvalue weighted by molar-refractivity contribution is -0.274. The van der Waals surface area contributed by atoms with Crippen molar-refractivity contribution in [1.29, 1.82) is 0 Å². The molecular formula is C23H24F3N7O2. The van der Waals surface area contributed by atoms with Gasteiger partial charge in [0.1, 0.15) is 0 Å². The first-order chi connectivity index (χ1) is 16.6. The molecule has 12 heteroatoms. The molecule has 184 valence electrons. The minimum Gasteiger partial charge on any atom is -0.402 e. The van der Waals surface area contributed by atoms with E-state index >= 15 is 0 Å². The van der Waals surface area contributed by atoms with Gasteiger partial charge in [-0.2, -0.15) is 5.10 Å². The Morgan fingerprint density at radius 1 is 1.26 bits per heavy atom. The van der Waals surface area contributed by atoms with Gasteiger partial charge in [0.25, 0.3) is 0 Å². The Morgan fingerprint density at radius 2 is 2.06 bits per heavy atom. The summed E-state index contributed by atoms with van der Waals surface area (Å²) >= 11 is 0. The van der Waals surface area contributed by atoms with Gasteiger partial charge in [-0.3, -0.25) is 9.67 Å². The summed E-state index contributed by atoms with van der Waals surface area (Å²) in [7, 11) is 0. The molecule has 0 aliphatic carbocycles. The van der Waals surface area contributed by atoms with Crippen molar-refractivity contribution in [3.05, 3.63) is 54.1 Å². The third kappa shape index (κ3) is 4.47. The molecule has 1 spiro atoms. The Kier molecular flexibility index (Phi) is 5.53. The second kappa shape index (κ2) is 8.43. The fourth-order valence-corrected chi connectivity index (χ4v) is 4.86. The number of likely N-dealkylation sites (tertiary alicyclic amines) is 1. The van der Waals surface area contributed by atoms with Crippen molar-refractivity contribution in [2.75, 3.05) is 18.8 Å².